The van der Waals surface area contributed by atoms with Crippen LogP contribution < -0.4 is 5.32 Å². The minimum absolute atomic E-state index is 0.0225. The molecule has 0 saturated heterocycles. The van der Waals surface area contributed by atoms with Crippen molar-refractivity contribution in [3.05, 3.63) is 58.5 Å². The molecule has 1 heterocycles. The van der Waals surface area contributed by atoms with Gasteiger partial charge in [-0.2, -0.15) is 5.26 Å². The van der Waals surface area contributed by atoms with Crippen LogP contribution in [0.3, 0.4) is 0 Å². The van der Waals surface area contributed by atoms with Crippen molar-refractivity contribution in [3.8, 4) is 6.07 Å². The van der Waals surface area contributed by atoms with Crippen LogP contribution in [-0.4, -0.2) is 5.91 Å². The Balaban J connectivity index is 2.16. The number of hydrogen-bond donors (Lipinski definition) is 1. The Morgan fingerprint density at radius 2 is 2.00 bits per heavy atom. The van der Waals surface area contributed by atoms with Crippen LogP contribution in [0.2, 0.25) is 0 Å². The Bertz CT molecular complexity index is 654. The highest BCUT2D eigenvalue weighted by Crippen LogP contribution is 2.17. The predicted molar refractivity (Wildman–Crippen MR) is 75.1 cm³/mol. The quantitative estimate of drug-likeness (QED) is 0.695. The molecular formula is C14H9BrN2O2. The number of rotatable bonds is 3. The van der Waals surface area contributed by atoms with E-state index in [1.165, 1.54) is 6.08 Å². The maximum Gasteiger partial charge on any atom is 0.266 e. The van der Waals surface area contributed by atoms with E-state index in [2.05, 4.69) is 21.2 Å². The van der Waals surface area contributed by atoms with E-state index in [-0.39, 0.29) is 5.57 Å². The fraction of sp³-hybridized carbons (Fsp3) is 0. The molecule has 1 aromatic heterocycles. The maximum absolute atomic E-state index is 11.9. The number of nitrogens with zero attached hydrogens (tertiary/aromatic N) is 1. The SMILES string of the molecule is N#C/C(=C\c1ccc(Br)o1)C(=O)Nc1ccccc1. The molecule has 19 heavy (non-hydrogen) atoms. The Morgan fingerprint density at radius 1 is 1.26 bits per heavy atom. The number of anilines is 1. The van der Waals surface area contributed by atoms with E-state index in [9.17, 15) is 4.79 Å². The van der Waals surface area contributed by atoms with E-state index in [0.29, 0.717) is 16.1 Å². The van der Waals surface area contributed by atoms with Crippen molar-refractivity contribution >= 4 is 33.6 Å². The molecule has 0 spiro atoms. The van der Waals surface area contributed by atoms with Gasteiger partial charge in [-0.25, -0.2) is 0 Å². The van der Waals surface area contributed by atoms with Gasteiger partial charge in [0.15, 0.2) is 4.67 Å². The number of benzene rings is 1. The zero-order chi connectivity index (χ0) is 13.7. The van der Waals surface area contributed by atoms with Crippen molar-refractivity contribution in [2.24, 2.45) is 0 Å². The second-order valence-electron chi connectivity index (χ2n) is 3.63. The van der Waals surface area contributed by atoms with Gasteiger partial charge < -0.3 is 9.73 Å². The number of nitrogens with one attached hydrogen (secondary N) is 1. The molecule has 2 aromatic rings. The largest absolute Gasteiger partial charge is 0.450 e. The fourth-order valence-corrected chi connectivity index (χ4v) is 1.74. The lowest BCUT2D eigenvalue weighted by Crippen LogP contribution is -2.13. The average Bonchev–Trinajstić information content (AvgIpc) is 2.82. The Hall–Kier alpha value is -2.32. The molecule has 0 aliphatic carbocycles. The summed E-state index contributed by atoms with van der Waals surface area (Å²) in [7, 11) is 0. The standard InChI is InChI=1S/C14H9BrN2O2/c15-13-7-6-12(19-13)8-10(9-16)14(18)17-11-4-2-1-3-5-11/h1-8H,(H,17,18)/b10-8+. The molecule has 0 bridgehead atoms. The third-order valence-corrected chi connectivity index (χ3v) is 2.70. The number of halogens is 1. The molecule has 0 fully saturated rings. The first-order valence-corrected chi connectivity index (χ1v) is 6.22. The number of nitriles is 1. The molecule has 0 aliphatic heterocycles. The normalized spacial score (nSPS) is 10.8. The van der Waals surface area contributed by atoms with Crippen LogP contribution in [-0.2, 0) is 4.79 Å². The molecule has 0 unspecified atom stereocenters. The number of carbonyl (C=O) groups excluding carboxylic acids is 1. The molecule has 0 atom stereocenters. The van der Waals surface area contributed by atoms with Gasteiger partial charge in [0.05, 0.1) is 0 Å². The molecule has 1 amide bonds. The summed E-state index contributed by atoms with van der Waals surface area (Å²) in [6.07, 6.45) is 1.39. The summed E-state index contributed by atoms with van der Waals surface area (Å²) in [4.78, 5) is 11.9. The van der Waals surface area contributed by atoms with E-state index in [0.717, 1.165) is 0 Å². The molecule has 94 valence electrons. The number of para-hydroxylation sites is 1. The maximum atomic E-state index is 11.9. The van der Waals surface area contributed by atoms with Gasteiger partial charge in [0.25, 0.3) is 5.91 Å². The third-order valence-electron chi connectivity index (χ3n) is 2.28. The second-order valence-corrected chi connectivity index (χ2v) is 4.41. The van der Waals surface area contributed by atoms with Gasteiger partial charge in [0.2, 0.25) is 0 Å². The van der Waals surface area contributed by atoms with Crippen LogP contribution in [0.25, 0.3) is 6.08 Å². The second kappa shape index (κ2) is 6.03. The van der Waals surface area contributed by atoms with Crippen molar-refractivity contribution in [1.82, 2.24) is 0 Å². The van der Waals surface area contributed by atoms with Crippen molar-refractivity contribution in [3.63, 3.8) is 0 Å². The zero-order valence-corrected chi connectivity index (χ0v) is 11.3. The molecule has 1 aromatic carbocycles. The van der Waals surface area contributed by atoms with Gasteiger partial charge in [-0.05, 0) is 40.2 Å². The molecule has 5 heteroatoms. The lowest BCUT2D eigenvalue weighted by atomic mass is 10.2. The summed E-state index contributed by atoms with van der Waals surface area (Å²) in [5.41, 5.74) is 0.611. The highest BCUT2D eigenvalue weighted by molar-refractivity contribution is 9.10. The zero-order valence-electron chi connectivity index (χ0n) is 9.76. The lowest BCUT2D eigenvalue weighted by molar-refractivity contribution is -0.112. The molecule has 0 aliphatic rings. The van der Waals surface area contributed by atoms with Gasteiger partial charge in [0, 0.05) is 11.8 Å². The number of hydrogen-bond acceptors (Lipinski definition) is 3. The van der Waals surface area contributed by atoms with Crippen LogP contribution in [0.15, 0.2) is 57.1 Å². The van der Waals surface area contributed by atoms with Crippen LogP contribution in [0.5, 0.6) is 0 Å². The summed E-state index contributed by atoms with van der Waals surface area (Å²) in [5.74, 6) is -0.0344. The predicted octanol–water partition coefficient (Wildman–Crippen LogP) is 3.59. The number of carbonyl (C=O) groups is 1. The van der Waals surface area contributed by atoms with Crippen LogP contribution >= 0.6 is 15.9 Å². The molecule has 1 N–H and O–H groups in total. The monoisotopic (exact) mass is 316 g/mol. The van der Waals surface area contributed by atoms with Gasteiger partial charge in [-0.1, -0.05) is 18.2 Å². The van der Waals surface area contributed by atoms with Crippen molar-refractivity contribution < 1.29 is 9.21 Å². The number of amides is 1. The highest BCUT2D eigenvalue weighted by Gasteiger charge is 2.10. The van der Waals surface area contributed by atoms with Gasteiger partial charge in [0.1, 0.15) is 17.4 Å². The van der Waals surface area contributed by atoms with E-state index in [1.807, 2.05) is 12.1 Å². The van der Waals surface area contributed by atoms with Gasteiger partial charge in [-0.15, -0.1) is 0 Å². The summed E-state index contributed by atoms with van der Waals surface area (Å²) in [6.45, 7) is 0. The third kappa shape index (κ3) is 3.57. The van der Waals surface area contributed by atoms with Crippen LogP contribution in [0, 0.1) is 11.3 Å². The minimum Gasteiger partial charge on any atom is -0.450 e. The Labute approximate surface area is 118 Å². The minimum atomic E-state index is -0.471. The summed E-state index contributed by atoms with van der Waals surface area (Å²) in [6, 6.07) is 14.1. The van der Waals surface area contributed by atoms with Crippen molar-refractivity contribution in [1.29, 1.82) is 5.26 Å². The fourth-order valence-electron chi connectivity index (χ4n) is 1.42. The Morgan fingerprint density at radius 3 is 2.58 bits per heavy atom. The van der Waals surface area contributed by atoms with E-state index in [4.69, 9.17) is 9.68 Å². The van der Waals surface area contributed by atoms with Crippen molar-refractivity contribution in [2.75, 3.05) is 5.32 Å². The van der Waals surface area contributed by atoms with E-state index in [1.54, 1.807) is 36.4 Å². The molecule has 2 rings (SSSR count). The Kier molecular flexibility index (Phi) is 4.16. The summed E-state index contributed by atoms with van der Waals surface area (Å²) < 4.78 is 5.77. The molecule has 0 saturated carbocycles. The smallest absolute Gasteiger partial charge is 0.266 e. The van der Waals surface area contributed by atoms with Gasteiger partial charge >= 0.3 is 0 Å². The molecule has 0 radical (unpaired) electrons. The first-order chi connectivity index (χ1) is 9.19. The van der Waals surface area contributed by atoms with E-state index < -0.39 is 5.91 Å². The highest BCUT2D eigenvalue weighted by atomic mass is 79.9. The lowest BCUT2D eigenvalue weighted by Gasteiger charge is -2.02. The van der Waals surface area contributed by atoms with Crippen molar-refractivity contribution in [2.45, 2.75) is 0 Å². The summed E-state index contributed by atoms with van der Waals surface area (Å²) in [5, 5.41) is 11.6. The molecular weight excluding hydrogens is 308 g/mol. The van der Waals surface area contributed by atoms with Crippen LogP contribution in [0.1, 0.15) is 5.76 Å². The van der Waals surface area contributed by atoms with E-state index >= 15 is 0 Å². The first kappa shape index (κ1) is 13.1. The average molecular weight is 317 g/mol. The summed E-state index contributed by atoms with van der Waals surface area (Å²) >= 11 is 3.16. The number of furan rings is 1. The van der Waals surface area contributed by atoms with Crippen LogP contribution in [0.4, 0.5) is 5.69 Å². The van der Waals surface area contributed by atoms with Gasteiger partial charge in [-0.3, -0.25) is 4.79 Å². The topological polar surface area (TPSA) is 66.0 Å². The first-order valence-electron chi connectivity index (χ1n) is 5.42. The molecule has 4 nitrogen and oxygen atoms in total.